The van der Waals surface area contributed by atoms with Gasteiger partial charge in [-0.3, -0.25) is 14.4 Å². The minimum Gasteiger partial charge on any atom is -0.444 e. The second kappa shape index (κ2) is 13.1. The Kier molecular flexibility index (Phi) is 10.1. The highest BCUT2D eigenvalue weighted by Crippen LogP contribution is 2.57. The summed E-state index contributed by atoms with van der Waals surface area (Å²) in [5, 5.41) is 2.66. The highest BCUT2D eigenvalue weighted by molar-refractivity contribution is 7.90. The van der Waals surface area contributed by atoms with E-state index in [2.05, 4.69) is 5.32 Å². The van der Waals surface area contributed by atoms with Gasteiger partial charge in [0.2, 0.25) is 11.8 Å². The highest BCUT2D eigenvalue weighted by atomic mass is 32.2. The van der Waals surface area contributed by atoms with Crippen LogP contribution in [0, 0.1) is 11.3 Å². The topological polar surface area (TPSA) is 139 Å². The summed E-state index contributed by atoms with van der Waals surface area (Å²) in [6, 6.07) is 1.27. The fraction of sp³-hybridized carbons (Fsp3) is 0.613. The van der Waals surface area contributed by atoms with Gasteiger partial charge in [-0.25, -0.2) is 17.9 Å². The van der Waals surface area contributed by atoms with Gasteiger partial charge in [-0.1, -0.05) is 31.1 Å². The normalized spacial score (nSPS) is 27.3. The number of hydrogen-bond donors (Lipinski definition) is 2. The number of rotatable bonds is 4. The molecule has 14 heteroatoms. The minimum absolute atomic E-state index is 0.169. The number of halogens is 3. The van der Waals surface area contributed by atoms with Crippen LogP contribution >= 0.6 is 0 Å². The molecule has 2 heterocycles. The SMILES string of the molecule is CC(C)(C)OC(=O)N[C@H]1CCCCC/C=C\[C@@H]2C[C@@]2(C(=O)NS(=O)(=O)c2cccc(C(F)(F)F)c2)CC(=O)[C@@H]2CCCN2C1=O. The van der Waals surface area contributed by atoms with Crippen LogP contribution in [-0.2, 0) is 35.3 Å². The average molecular weight is 656 g/mol. The first-order valence-corrected chi connectivity index (χ1v) is 16.7. The lowest BCUT2D eigenvalue weighted by atomic mass is 9.91. The van der Waals surface area contributed by atoms with Crippen molar-refractivity contribution in [3.63, 3.8) is 0 Å². The number of alkyl halides is 3. The zero-order valence-electron chi connectivity index (χ0n) is 25.6. The third kappa shape index (κ3) is 8.44. The summed E-state index contributed by atoms with van der Waals surface area (Å²) < 4.78 is 73.0. The third-order valence-electron chi connectivity index (χ3n) is 8.40. The number of sulfonamides is 1. The number of Topliss-reactive ketones (excluding diaryl/α,β-unsaturated/α-hetero) is 1. The lowest BCUT2D eigenvalue weighted by Crippen LogP contribution is -2.52. The predicted octanol–water partition coefficient (Wildman–Crippen LogP) is 4.88. The Hall–Kier alpha value is -3.42. The maximum atomic E-state index is 13.7. The molecule has 3 amide bonds. The Morgan fingerprint density at radius 2 is 1.78 bits per heavy atom. The van der Waals surface area contributed by atoms with Crippen LogP contribution in [0.1, 0.15) is 84.1 Å². The Morgan fingerprint density at radius 3 is 2.47 bits per heavy atom. The van der Waals surface area contributed by atoms with Gasteiger partial charge in [-0.2, -0.15) is 13.2 Å². The molecule has 1 aliphatic carbocycles. The van der Waals surface area contributed by atoms with Crippen molar-refractivity contribution in [1.29, 1.82) is 0 Å². The second-order valence-electron chi connectivity index (χ2n) is 13.0. The first-order valence-electron chi connectivity index (χ1n) is 15.2. The Bertz CT molecular complexity index is 1450. The molecule has 10 nitrogen and oxygen atoms in total. The molecule has 1 saturated heterocycles. The molecule has 0 unspecified atom stereocenters. The van der Waals surface area contributed by atoms with Crippen molar-refractivity contribution in [3.05, 3.63) is 42.0 Å². The van der Waals surface area contributed by atoms with E-state index in [1.807, 2.05) is 10.8 Å². The number of ketones is 1. The van der Waals surface area contributed by atoms with E-state index in [-0.39, 0.29) is 19.4 Å². The van der Waals surface area contributed by atoms with Crippen molar-refractivity contribution < 1.29 is 45.5 Å². The molecule has 0 aromatic heterocycles. The molecular weight excluding hydrogens is 615 g/mol. The molecule has 45 heavy (non-hydrogen) atoms. The van der Waals surface area contributed by atoms with Gasteiger partial charge in [-0.15, -0.1) is 0 Å². The number of allylic oxidation sites excluding steroid dienone is 2. The summed E-state index contributed by atoms with van der Waals surface area (Å²) in [4.78, 5) is 54.3. The van der Waals surface area contributed by atoms with Crippen molar-refractivity contribution in [3.8, 4) is 0 Å². The van der Waals surface area contributed by atoms with Gasteiger partial charge in [0, 0.05) is 13.0 Å². The second-order valence-corrected chi connectivity index (χ2v) is 14.7. The van der Waals surface area contributed by atoms with Gasteiger partial charge in [-0.05, 0) is 83.4 Å². The monoisotopic (exact) mass is 655 g/mol. The van der Waals surface area contributed by atoms with Crippen molar-refractivity contribution in [1.82, 2.24) is 14.9 Å². The van der Waals surface area contributed by atoms with Crippen molar-refractivity contribution in [2.24, 2.45) is 11.3 Å². The van der Waals surface area contributed by atoms with Crippen LogP contribution in [0.5, 0.6) is 0 Å². The lowest BCUT2D eigenvalue weighted by Gasteiger charge is -2.30. The third-order valence-corrected chi connectivity index (χ3v) is 9.73. The molecule has 1 aromatic carbocycles. The molecule has 0 radical (unpaired) electrons. The van der Waals surface area contributed by atoms with Gasteiger partial charge < -0.3 is 15.0 Å². The molecule has 248 valence electrons. The average Bonchev–Trinajstić information content (AvgIpc) is 3.39. The smallest absolute Gasteiger partial charge is 0.416 e. The van der Waals surface area contributed by atoms with Crippen LogP contribution in [0.3, 0.4) is 0 Å². The Balaban J connectivity index is 1.57. The van der Waals surface area contributed by atoms with Gasteiger partial charge in [0.05, 0.1) is 21.9 Å². The summed E-state index contributed by atoms with van der Waals surface area (Å²) in [7, 11) is -4.70. The Labute approximate surface area is 261 Å². The fourth-order valence-electron chi connectivity index (χ4n) is 6.00. The predicted molar refractivity (Wildman–Crippen MR) is 157 cm³/mol. The maximum Gasteiger partial charge on any atom is 0.416 e. The number of carbonyl (C=O) groups excluding carboxylic acids is 4. The largest absolute Gasteiger partial charge is 0.444 e. The van der Waals surface area contributed by atoms with Gasteiger partial charge in [0.25, 0.3) is 10.0 Å². The number of hydrogen-bond acceptors (Lipinski definition) is 7. The van der Waals surface area contributed by atoms with E-state index in [4.69, 9.17) is 4.74 Å². The zero-order chi connectivity index (χ0) is 33.2. The molecule has 2 fully saturated rings. The van der Waals surface area contributed by atoms with E-state index in [0.29, 0.717) is 38.2 Å². The van der Waals surface area contributed by atoms with E-state index in [9.17, 15) is 40.8 Å². The van der Waals surface area contributed by atoms with Crippen LogP contribution in [0.2, 0.25) is 0 Å². The summed E-state index contributed by atoms with van der Waals surface area (Å²) in [5.74, 6) is -2.29. The minimum atomic E-state index is -4.79. The lowest BCUT2D eigenvalue weighted by molar-refractivity contribution is -0.140. The number of ether oxygens (including phenoxy) is 1. The molecule has 0 spiro atoms. The first kappa shape index (κ1) is 34.5. The van der Waals surface area contributed by atoms with E-state index in [1.54, 1.807) is 26.8 Å². The number of nitrogens with one attached hydrogen (secondary N) is 2. The maximum absolute atomic E-state index is 13.7. The summed E-state index contributed by atoms with van der Waals surface area (Å²) in [5.41, 5.74) is -3.40. The quantitative estimate of drug-likeness (QED) is 0.441. The molecule has 3 aliphatic rings. The summed E-state index contributed by atoms with van der Waals surface area (Å²) >= 11 is 0. The van der Waals surface area contributed by atoms with Gasteiger partial charge >= 0.3 is 12.3 Å². The van der Waals surface area contributed by atoms with Crippen molar-refractivity contribution >= 4 is 33.7 Å². The van der Waals surface area contributed by atoms with E-state index < -0.39 is 79.4 Å². The Morgan fingerprint density at radius 1 is 1.04 bits per heavy atom. The van der Waals surface area contributed by atoms with Crippen molar-refractivity contribution in [2.45, 2.75) is 107 Å². The van der Waals surface area contributed by atoms with E-state index in [0.717, 1.165) is 31.0 Å². The molecular formula is C31H40F3N3O7S. The number of fused-ring (bicyclic) bond motifs is 2. The van der Waals surface area contributed by atoms with E-state index in [1.165, 1.54) is 4.90 Å². The molecule has 1 saturated carbocycles. The molecule has 4 atom stereocenters. The number of nitrogens with zero attached hydrogens (tertiary/aromatic N) is 1. The molecule has 2 N–H and O–H groups in total. The van der Waals surface area contributed by atoms with Crippen LogP contribution in [-0.4, -0.2) is 61.2 Å². The number of amides is 3. The van der Waals surface area contributed by atoms with Crippen LogP contribution in [0.4, 0.5) is 18.0 Å². The molecule has 2 aliphatic heterocycles. The van der Waals surface area contributed by atoms with Crippen LogP contribution in [0.15, 0.2) is 41.3 Å². The fourth-order valence-corrected chi connectivity index (χ4v) is 7.11. The number of carbonyl (C=O) groups is 4. The number of alkyl carbamates (subject to hydrolysis) is 1. The zero-order valence-corrected chi connectivity index (χ0v) is 26.4. The van der Waals surface area contributed by atoms with Gasteiger partial charge in [0.1, 0.15) is 11.6 Å². The standard InChI is InChI=1S/C31H40F3N3O7S/c1-29(2,3)44-28(41)35-23-14-8-6-4-5-7-11-21-18-30(21,19-25(38)24-15-10-16-37(24)26(23)39)27(40)36-45(42,43)22-13-9-12-20(17-22)31(32,33)34/h7,9,11-13,17,21,23-24H,4-6,8,10,14-16,18-19H2,1-3H3,(H,35,41)(H,36,40)/b11-7-/t21-,23+,24+,30-/m1/s1. The van der Waals surface area contributed by atoms with Gasteiger partial charge in [0.15, 0.2) is 5.78 Å². The molecule has 4 rings (SSSR count). The summed E-state index contributed by atoms with van der Waals surface area (Å²) in [6.07, 6.45) is 1.91. The van der Waals surface area contributed by atoms with Crippen LogP contribution in [0.25, 0.3) is 0 Å². The van der Waals surface area contributed by atoms with E-state index >= 15 is 0 Å². The summed E-state index contributed by atoms with van der Waals surface area (Å²) in [6.45, 7) is 5.38. The van der Waals surface area contributed by atoms with Crippen LogP contribution < -0.4 is 10.0 Å². The molecule has 0 bridgehead atoms. The van der Waals surface area contributed by atoms with Crippen molar-refractivity contribution in [2.75, 3.05) is 6.54 Å². The molecule has 1 aromatic rings. The number of benzene rings is 1. The highest BCUT2D eigenvalue weighted by Gasteiger charge is 2.61. The first-order chi connectivity index (χ1) is 20.9.